The first-order valence-electron chi connectivity index (χ1n) is 17.5. The predicted molar refractivity (Wildman–Crippen MR) is 170 cm³/mol. The molecule has 0 radical (unpaired) electrons. The monoisotopic (exact) mass is 614 g/mol. The number of hydrogen-bond acceptors (Lipinski definition) is 7. The maximum atomic E-state index is 11.6. The Hall–Kier alpha value is -1.70. The molecule has 4 saturated carbocycles. The van der Waals surface area contributed by atoms with E-state index in [1.165, 1.54) is 71.6 Å². The molecule has 0 N–H and O–H groups in total. The fraction of sp³-hybridized carbons (Fsp3) is 0.838. The number of esters is 2. The summed E-state index contributed by atoms with van der Waals surface area (Å²) < 4.78 is 28.5. The average Bonchev–Trinajstić information content (AvgIpc) is 3.34. The molecule has 1 unspecified atom stereocenters. The highest BCUT2D eigenvalue weighted by atomic mass is 16.7. The van der Waals surface area contributed by atoms with Crippen LogP contribution in [-0.4, -0.2) is 56.9 Å². The number of fused-ring (bicyclic) bond motifs is 5. The van der Waals surface area contributed by atoms with Gasteiger partial charge in [0.2, 0.25) is 0 Å². The summed E-state index contributed by atoms with van der Waals surface area (Å²) >= 11 is 0. The number of hydrogen-bond donors (Lipinski definition) is 0. The molecule has 5 rings (SSSR count). The van der Waals surface area contributed by atoms with E-state index in [-0.39, 0.29) is 18.7 Å². The van der Waals surface area contributed by atoms with Crippen LogP contribution in [0.25, 0.3) is 0 Å². The molecule has 0 aromatic carbocycles. The molecular weight excluding hydrogens is 556 g/mol. The highest BCUT2D eigenvalue weighted by Crippen LogP contribution is 2.68. The van der Waals surface area contributed by atoms with Crippen molar-refractivity contribution in [1.29, 1.82) is 0 Å². The first-order chi connectivity index (χ1) is 21.0. The summed E-state index contributed by atoms with van der Waals surface area (Å²) in [5.41, 5.74) is 2.49. The molecule has 7 nitrogen and oxygen atoms in total. The summed E-state index contributed by atoms with van der Waals surface area (Å²) in [6, 6.07) is 0. The van der Waals surface area contributed by atoms with Gasteiger partial charge in [0.1, 0.15) is 18.8 Å². The van der Waals surface area contributed by atoms with Crippen LogP contribution in [0.2, 0.25) is 0 Å². The van der Waals surface area contributed by atoms with Crippen LogP contribution in [-0.2, 0) is 33.3 Å². The minimum absolute atomic E-state index is 0.0244. The SMILES string of the molecule is COCCCC/C=C(\C)[C@H]1CC[C@H]2[C@@H]3CC[C@@H]4C[C@@H](OC5C=C[C@H](OC(C)=O)[C@@H](COC(C)=O)O5)CC[C@]4(C)[C@H]3CC[C@]12C. The number of allylic oxidation sites excluding steroid dienone is 2. The number of carbonyl (C=O) groups excluding carboxylic acids is 2. The van der Waals surface area contributed by atoms with Gasteiger partial charge in [0.25, 0.3) is 0 Å². The summed E-state index contributed by atoms with van der Waals surface area (Å²) in [4.78, 5) is 23.0. The Morgan fingerprint density at radius 1 is 0.909 bits per heavy atom. The first-order valence-corrected chi connectivity index (χ1v) is 17.5. The number of methoxy groups -OCH3 is 1. The lowest BCUT2D eigenvalue weighted by atomic mass is 9.44. The van der Waals surface area contributed by atoms with E-state index >= 15 is 0 Å². The Kier molecular flexibility index (Phi) is 11.0. The molecule has 11 atom stereocenters. The van der Waals surface area contributed by atoms with Crippen molar-refractivity contribution in [3.8, 4) is 0 Å². The molecule has 0 aromatic rings. The van der Waals surface area contributed by atoms with E-state index in [1.54, 1.807) is 12.7 Å². The molecule has 0 bridgehead atoms. The Morgan fingerprint density at radius 2 is 1.68 bits per heavy atom. The van der Waals surface area contributed by atoms with E-state index in [0.29, 0.717) is 16.7 Å². The largest absolute Gasteiger partial charge is 0.463 e. The van der Waals surface area contributed by atoms with Crippen LogP contribution in [0.3, 0.4) is 0 Å². The third kappa shape index (κ3) is 7.15. The standard InChI is InChI=1S/C37H58O7/c1-24(10-8-7-9-21-40-6)30-13-14-31-29-12-11-27-22-28(17-19-36(27,4)32(29)18-20-37(30,31)5)43-35-16-15-33(42-26(3)39)34(44-35)23-41-25(2)38/h10,15-16,27-35H,7-9,11-14,17-23H2,1-6H3/b24-10+/t27-,28+,29+,30-,31+,32+,33+,34-,35?,36+,37-/m1/s1. The lowest BCUT2D eigenvalue weighted by Gasteiger charge is -2.61. The zero-order valence-corrected chi connectivity index (χ0v) is 28.2. The Bertz CT molecular complexity index is 1070. The van der Waals surface area contributed by atoms with Crippen molar-refractivity contribution in [2.75, 3.05) is 20.3 Å². The lowest BCUT2D eigenvalue weighted by Crippen LogP contribution is -2.54. The first kappa shape index (κ1) is 33.7. The maximum Gasteiger partial charge on any atom is 0.303 e. The molecule has 7 heteroatoms. The van der Waals surface area contributed by atoms with Gasteiger partial charge in [0.05, 0.1) is 6.10 Å². The van der Waals surface area contributed by atoms with Gasteiger partial charge in [-0.15, -0.1) is 0 Å². The van der Waals surface area contributed by atoms with Crippen LogP contribution in [0, 0.1) is 40.4 Å². The van der Waals surface area contributed by atoms with Crippen LogP contribution in [0.5, 0.6) is 0 Å². The van der Waals surface area contributed by atoms with E-state index in [4.69, 9.17) is 23.7 Å². The van der Waals surface area contributed by atoms with Gasteiger partial charge in [-0.1, -0.05) is 25.5 Å². The zero-order valence-electron chi connectivity index (χ0n) is 28.2. The van der Waals surface area contributed by atoms with Crippen molar-refractivity contribution in [3.63, 3.8) is 0 Å². The fourth-order valence-corrected chi connectivity index (χ4v) is 10.5. The van der Waals surface area contributed by atoms with Crippen LogP contribution in [0.15, 0.2) is 23.8 Å². The van der Waals surface area contributed by atoms with Gasteiger partial charge in [0, 0.05) is 27.6 Å². The number of rotatable bonds is 11. The molecule has 5 aliphatic rings. The van der Waals surface area contributed by atoms with E-state index < -0.39 is 24.5 Å². The van der Waals surface area contributed by atoms with Crippen molar-refractivity contribution >= 4 is 11.9 Å². The van der Waals surface area contributed by atoms with Crippen LogP contribution < -0.4 is 0 Å². The summed E-state index contributed by atoms with van der Waals surface area (Å²) in [6.07, 6.45) is 19.7. The second-order valence-electron chi connectivity index (χ2n) is 15.1. The van der Waals surface area contributed by atoms with Crippen LogP contribution in [0.4, 0.5) is 0 Å². The van der Waals surface area contributed by atoms with E-state index in [9.17, 15) is 9.59 Å². The number of ether oxygens (including phenoxy) is 5. The summed E-state index contributed by atoms with van der Waals surface area (Å²) in [7, 11) is 1.80. The second-order valence-corrected chi connectivity index (χ2v) is 15.1. The zero-order chi connectivity index (χ0) is 31.5. The van der Waals surface area contributed by atoms with Crippen LogP contribution >= 0.6 is 0 Å². The van der Waals surface area contributed by atoms with Crippen molar-refractivity contribution in [3.05, 3.63) is 23.8 Å². The van der Waals surface area contributed by atoms with Crippen LogP contribution in [0.1, 0.15) is 112 Å². The molecule has 4 fully saturated rings. The van der Waals surface area contributed by atoms with Gasteiger partial charge >= 0.3 is 11.9 Å². The average molecular weight is 615 g/mol. The van der Waals surface area contributed by atoms with Gasteiger partial charge in [0.15, 0.2) is 6.29 Å². The lowest BCUT2D eigenvalue weighted by molar-refractivity contribution is -0.222. The predicted octanol–water partition coefficient (Wildman–Crippen LogP) is 7.57. The summed E-state index contributed by atoms with van der Waals surface area (Å²) in [6.45, 7) is 11.3. The van der Waals surface area contributed by atoms with E-state index in [0.717, 1.165) is 49.5 Å². The molecule has 0 amide bonds. The molecule has 1 aliphatic heterocycles. The van der Waals surface area contributed by atoms with Crippen molar-refractivity contribution in [2.45, 2.75) is 136 Å². The quantitative estimate of drug-likeness (QED) is 0.135. The van der Waals surface area contributed by atoms with Gasteiger partial charge < -0.3 is 23.7 Å². The molecule has 248 valence electrons. The molecule has 44 heavy (non-hydrogen) atoms. The normalized spacial score (nSPS) is 41.8. The van der Waals surface area contributed by atoms with Gasteiger partial charge in [-0.3, -0.25) is 9.59 Å². The van der Waals surface area contributed by atoms with E-state index in [1.807, 2.05) is 12.2 Å². The smallest absolute Gasteiger partial charge is 0.303 e. The topological polar surface area (TPSA) is 80.3 Å². The number of carbonyl (C=O) groups is 2. The molecule has 1 heterocycles. The molecule has 0 spiro atoms. The Balaban J connectivity index is 1.18. The van der Waals surface area contributed by atoms with Gasteiger partial charge in [-0.2, -0.15) is 0 Å². The second kappa shape index (κ2) is 14.4. The van der Waals surface area contributed by atoms with Crippen molar-refractivity contribution in [1.82, 2.24) is 0 Å². The third-order valence-corrected chi connectivity index (χ3v) is 12.6. The summed E-state index contributed by atoms with van der Waals surface area (Å²) in [5.74, 6) is 3.18. The van der Waals surface area contributed by atoms with Crippen molar-refractivity contribution < 1.29 is 33.3 Å². The molecular formula is C37H58O7. The number of unbranched alkanes of at least 4 members (excludes halogenated alkanes) is 2. The van der Waals surface area contributed by atoms with Crippen molar-refractivity contribution in [2.24, 2.45) is 40.4 Å². The summed E-state index contributed by atoms with van der Waals surface area (Å²) in [5, 5.41) is 0. The highest BCUT2D eigenvalue weighted by molar-refractivity contribution is 5.66. The Labute approximate surface area is 265 Å². The van der Waals surface area contributed by atoms with E-state index in [2.05, 4.69) is 26.8 Å². The van der Waals surface area contributed by atoms with Gasteiger partial charge in [-0.25, -0.2) is 0 Å². The Morgan fingerprint density at radius 3 is 2.43 bits per heavy atom. The highest BCUT2D eigenvalue weighted by Gasteiger charge is 2.60. The van der Waals surface area contributed by atoms with Gasteiger partial charge in [-0.05, 0) is 137 Å². The third-order valence-electron chi connectivity index (χ3n) is 12.6. The fourth-order valence-electron chi connectivity index (χ4n) is 10.5. The minimum Gasteiger partial charge on any atom is -0.463 e. The maximum absolute atomic E-state index is 11.6. The minimum atomic E-state index is -0.594. The molecule has 4 aliphatic carbocycles. The molecule has 0 saturated heterocycles. The molecule has 0 aromatic heterocycles.